The lowest BCUT2D eigenvalue weighted by molar-refractivity contribution is 0.370. The number of benzene rings is 2. The summed E-state index contributed by atoms with van der Waals surface area (Å²) < 4.78 is 0. The van der Waals surface area contributed by atoms with E-state index in [1.54, 1.807) is 0 Å². The van der Waals surface area contributed by atoms with Gasteiger partial charge in [-0.05, 0) is 42.3 Å². The summed E-state index contributed by atoms with van der Waals surface area (Å²) in [5.74, 6) is 0. The van der Waals surface area contributed by atoms with Gasteiger partial charge >= 0.3 is 0 Å². The predicted octanol–water partition coefficient (Wildman–Crippen LogP) is 4.98. The van der Waals surface area contributed by atoms with Crippen LogP contribution in [-0.2, 0) is 0 Å². The Hall–Kier alpha value is -2.03. The molecule has 2 heterocycles. The number of rotatable bonds is 2. The number of nitrogens with one attached hydrogen (secondary N) is 1. The minimum atomic E-state index is 0. The lowest BCUT2D eigenvalue weighted by Crippen LogP contribution is -2.23. The standard InChI is InChI=1S/C20H20N2.ClH/c1-22-11-9-16(10-12-22)19-14-21-20-8-7-17(13-18(19)20)15-5-3-2-4-6-15;/h2-9,13-14,21H,10-12H2,1H3;1H. The molecule has 2 aromatic carbocycles. The van der Waals surface area contributed by atoms with Crippen molar-refractivity contribution in [2.45, 2.75) is 6.42 Å². The summed E-state index contributed by atoms with van der Waals surface area (Å²) >= 11 is 0. The lowest BCUT2D eigenvalue weighted by atomic mass is 9.97. The van der Waals surface area contributed by atoms with Crippen LogP contribution in [0.1, 0.15) is 12.0 Å². The first-order chi connectivity index (χ1) is 10.8. The van der Waals surface area contributed by atoms with E-state index < -0.39 is 0 Å². The molecule has 23 heavy (non-hydrogen) atoms. The first-order valence-corrected chi connectivity index (χ1v) is 7.86. The number of likely N-dealkylation sites (N-methyl/N-ethyl adjacent to an activating group) is 1. The number of nitrogens with zero attached hydrogens (tertiary/aromatic N) is 1. The second-order valence-electron chi connectivity index (χ2n) is 6.07. The molecule has 0 fully saturated rings. The van der Waals surface area contributed by atoms with Crippen molar-refractivity contribution < 1.29 is 0 Å². The molecule has 2 nitrogen and oxygen atoms in total. The Morgan fingerprint density at radius 1 is 1.00 bits per heavy atom. The molecule has 0 bridgehead atoms. The van der Waals surface area contributed by atoms with Crippen LogP contribution in [-0.4, -0.2) is 30.0 Å². The summed E-state index contributed by atoms with van der Waals surface area (Å²) in [5.41, 5.74) is 6.60. The Bertz CT molecular complexity index is 833. The highest BCUT2D eigenvalue weighted by atomic mass is 35.5. The Kier molecular flexibility index (Phi) is 4.56. The van der Waals surface area contributed by atoms with Crippen LogP contribution in [0.3, 0.4) is 0 Å². The largest absolute Gasteiger partial charge is 0.361 e. The number of aromatic amines is 1. The minimum Gasteiger partial charge on any atom is -0.361 e. The molecule has 0 unspecified atom stereocenters. The predicted molar refractivity (Wildman–Crippen MR) is 101 cm³/mol. The van der Waals surface area contributed by atoms with Crippen LogP contribution in [0.5, 0.6) is 0 Å². The molecule has 4 rings (SSSR count). The fraction of sp³-hybridized carbons (Fsp3) is 0.200. The summed E-state index contributed by atoms with van der Waals surface area (Å²) in [5, 5.41) is 1.33. The molecule has 3 aromatic rings. The first kappa shape index (κ1) is 15.9. The van der Waals surface area contributed by atoms with Gasteiger partial charge in [-0.25, -0.2) is 0 Å². The molecule has 1 aromatic heterocycles. The zero-order valence-corrected chi connectivity index (χ0v) is 14.1. The topological polar surface area (TPSA) is 19.0 Å². The van der Waals surface area contributed by atoms with Crippen molar-refractivity contribution in [3.8, 4) is 11.1 Å². The Morgan fingerprint density at radius 3 is 2.57 bits per heavy atom. The molecule has 0 saturated heterocycles. The minimum absolute atomic E-state index is 0. The van der Waals surface area contributed by atoms with E-state index in [0.29, 0.717) is 0 Å². The van der Waals surface area contributed by atoms with E-state index in [2.05, 4.69) is 77.7 Å². The van der Waals surface area contributed by atoms with Crippen LogP contribution in [0.4, 0.5) is 0 Å². The quantitative estimate of drug-likeness (QED) is 0.704. The van der Waals surface area contributed by atoms with Gasteiger partial charge in [0.15, 0.2) is 0 Å². The van der Waals surface area contributed by atoms with E-state index >= 15 is 0 Å². The van der Waals surface area contributed by atoms with Gasteiger partial charge in [-0.1, -0.05) is 42.5 Å². The van der Waals surface area contributed by atoms with Gasteiger partial charge in [-0.2, -0.15) is 0 Å². The van der Waals surface area contributed by atoms with Crippen molar-refractivity contribution >= 4 is 28.9 Å². The third-order valence-corrected chi connectivity index (χ3v) is 4.55. The monoisotopic (exact) mass is 324 g/mol. The Balaban J connectivity index is 0.00000156. The van der Waals surface area contributed by atoms with Gasteiger partial charge in [0, 0.05) is 35.8 Å². The maximum atomic E-state index is 3.42. The van der Waals surface area contributed by atoms with E-state index in [0.717, 1.165) is 19.5 Å². The summed E-state index contributed by atoms with van der Waals surface area (Å²) in [6.45, 7) is 2.18. The normalized spacial score (nSPS) is 15.3. The highest BCUT2D eigenvalue weighted by Gasteiger charge is 2.13. The van der Waals surface area contributed by atoms with Gasteiger partial charge < -0.3 is 9.88 Å². The molecule has 1 N–H and O–H groups in total. The van der Waals surface area contributed by atoms with Crippen LogP contribution in [0.2, 0.25) is 0 Å². The highest BCUT2D eigenvalue weighted by Crippen LogP contribution is 2.32. The molecule has 3 heteroatoms. The smallest absolute Gasteiger partial charge is 0.0460 e. The summed E-state index contributed by atoms with van der Waals surface area (Å²) in [6, 6.07) is 17.3. The van der Waals surface area contributed by atoms with E-state index in [1.165, 1.54) is 33.2 Å². The fourth-order valence-electron chi connectivity index (χ4n) is 3.21. The maximum absolute atomic E-state index is 3.42. The van der Waals surface area contributed by atoms with Crippen LogP contribution in [0.15, 0.2) is 60.8 Å². The van der Waals surface area contributed by atoms with Crippen molar-refractivity contribution in [2.75, 3.05) is 20.1 Å². The molecular weight excluding hydrogens is 304 g/mol. The molecule has 0 radical (unpaired) electrons. The Labute approximate surface area is 143 Å². The van der Waals surface area contributed by atoms with Gasteiger partial charge in [0.1, 0.15) is 0 Å². The molecule has 118 valence electrons. The average molecular weight is 325 g/mol. The van der Waals surface area contributed by atoms with Gasteiger partial charge in [-0.15, -0.1) is 12.4 Å². The number of halogens is 1. The van der Waals surface area contributed by atoms with Crippen LogP contribution in [0.25, 0.3) is 27.6 Å². The van der Waals surface area contributed by atoms with Gasteiger partial charge in [0.2, 0.25) is 0 Å². The average Bonchev–Trinajstić information content (AvgIpc) is 2.99. The molecule has 0 aliphatic carbocycles. The lowest BCUT2D eigenvalue weighted by Gasteiger charge is -2.21. The molecule has 0 atom stereocenters. The number of H-pyrrole nitrogens is 1. The molecule has 1 aliphatic heterocycles. The van der Waals surface area contributed by atoms with Crippen LogP contribution in [0, 0.1) is 0 Å². The zero-order chi connectivity index (χ0) is 14.9. The molecule has 0 saturated carbocycles. The molecular formula is C20H21ClN2. The number of hydrogen-bond acceptors (Lipinski definition) is 1. The maximum Gasteiger partial charge on any atom is 0.0460 e. The summed E-state index contributed by atoms with van der Waals surface area (Å²) in [7, 11) is 2.18. The second kappa shape index (κ2) is 6.61. The SMILES string of the molecule is CN1CC=C(c2c[nH]c3ccc(-c4ccccc4)cc23)CC1.Cl. The number of hydrogen-bond donors (Lipinski definition) is 1. The zero-order valence-electron chi connectivity index (χ0n) is 13.3. The Morgan fingerprint density at radius 2 is 1.83 bits per heavy atom. The fourth-order valence-corrected chi connectivity index (χ4v) is 3.21. The van der Waals surface area contributed by atoms with Crippen molar-refractivity contribution in [2.24, 2.45) is 0 Å². The van der Waals surface area contributed by atoms with Gasteiger partial charge in [0.05, 0.1) is 0 Å². The van der Waals surface area contributed by atoms with E-state index in [9.17, 15) is 0 Å². The molecule has 1 aliphatic rings. The van der Waals surface area contributed by atoms with Crippen molar-refractivity contribution in [1.29, 1.82) is 0 Å². The highest BCUT2D eigenvalue weighted by molar-refractivity contribution is 5.95. The van der Waals surface area contributed by atoms with Crippen molar-refractivity contribution in [3.63, 3.8) is 0 Å². The van der Waals surface area contributed by atoms with Gasteiger partial charge in [-0.3, -0.25) is 0 Å². The third-order valence-electron chi connectivity index (χ3n) is 4.55. The molecule has 0 amide bonds. The van der Waals surface area contributed by atoms with Crippen LogP contribution < -0.4 is 0 Å². The van der Waals surface area contributed by atoms with E-state index in [-0.39, 0.29) is 12.4 Å². The van der Waals surface area contributed by atoms with Crippen molar-refractivity contribution in [1.82, 2.24) is 9.88 Å². The van der Waals surface area contributed by atoms with Gasteiger partial charge in [0.25, 0.3) is 0 Å². The van der Waals surface area contributed by atoms with E-state index in [4.69, 9.17) is 0 Å². The second-order valence-corrected chi connectivity index (χ2v) is 6.07. The first-order valence-electron chi connectivity index (χ1n) is 7.86. The van der Waals surface area contributed by atoms with Crippen molar-refractivity contribution in [3.05, 3.63) is 66.4 Å². The third kappa shape index (κ3) is 3.05. The number of aromatic nitrogens is 1. The summed E-state index contributed by atoms with van der Waals surface area (Å²) in [4.78, 5) is 5.78. The summed E-state index contributed by atoms with van der Waals surface area (Å²) in [6.07, 6.45) is 5.65. The van der Waals surface area contributed by atoms with Crippen LogP contribution >= 0.6 is 12.4 Å². The molecule has 0 spiro atoms. The van der Waals surface area contributed by atoms with E-state index in [1.807, 2.05) is 0 Å². The number of fused-ring (bicyclic) bond motifs is 1.